The molecule has 0 N–H and O–H groups in total. The molecule has 0 aromatic heterocycles. The van der Waals surface area contributed by atoms with Crippen LogP contribution < -0.4 is 0 Å². The minimum Gasteiger partial charge on any atom is -0.444 e. The number of amides is 2. The van der Waals surface area contributed by atoms with Crippen molar-refractivity contribution in [1.82, 2.24) is 9.80 Å². The summed E-state index contributed by atoms with van der Waals surface area (Å²) >= 11 is 6.45. The van der Waals surface area contributed by atoms with Gasteiger partial charge >= 0.3 is 6.09 Å². The number of piperidine rings is 1. The number of carbonyl (C=O) groups excluding carboxylic acids is 2. The zero-order chi connectivity index (χ0) is 29.2. The Balaban J connectivity index is 1.64. The molecule has 3 aromatic rings. The first-order valence-electron chi connectivity index (χ1n) is 13.7. The van der Waals surface area contributed by atoms with Crippen LogP contribution >= 0.6 is 11.6 Å². The zero-order valence-corrected chi connectivity index (χ0v) is 24.7. The van der Waals surface area contributed by atoms with Gasteiger partial charge in [-0.1, -0.05) is 54.1 Å². The molecular formula is C33H38ClFN2O3. The Labute approximate surface area is 241 Å². The van der Waals surface area contributed by atoms with Crippen LogP contribution in [0.3, 0.4) is 0 Å². The second-order valence-electron chi connectivity index (χ2n) is 11.8. The van der Waals surface area contributed by atoms with E-state index in [4.69, 9.17) is 16.3 Å². The van der Waals surface area contributed by atoms with E-state index >= 15 is 0 Å². The summed E-state index contributed by atoms with van der Waals surface area (Å²) in [6.45, 7) is 11.9. The lowest BCUT2D eigenvalue weighted by Gasteiger charge is -2.46. The number of halogens is 2. The number of fused-ring (bicyclic) bond motifs is 1. The molecule has 1 aliphatic rings. The van der Waals surface area contributed by atoms with E-state index in [1.807, 2.05) is 71.1 Å². The van der Waals surface area contributed by atoms with E-state index in [9.17, 15) is 14.0 Å². The predicted molar refractivity (Wildman–Crippen MR) is 159 cm³/mol. The Morgan fingerprint density at radius 1 is 1.20 bits per heavy atom. The van der Waals surface area contributed by atoms with Crippen LogP contribution in [0.25, 0.3) is 10.8 Å². The lowest BCUT2D eigenvalue weighted by atomic mass is 9.68. The molecule has 5 nitrogen and oxygen atoms in total. The largest absolute Gasteiger partial charge is 0.444 e. The second-order valence-corrected chi connectivity index (χ2v) is 12.2. The molecule has 1 aliphatic heterocycles. The summed E-state index contributed by atoms with van der Waals surface area (Å²) in [6.07, 6.45) is 2.52. The summed E-state index contributed by atoms with van der Waals surface area (Å²) in [4.78, 5) is 30.4. The average molecular weight is 565 g/mol. The molecule has 7 heteroatoms. The quantitative estimate of drug-likeness (QED) is 0.284. The van der Waals surface area contributed by atoms with Crippen molar-refractivity contribution < 1.29 is 18.7 Å². The maximum absolute atomic E-state index is 14.0. The van der Waals surface area contributed by atoms with Crippen LogP contribution in [0.15, 0.2) is 73.3 Å². The van der Waals surface area contributed by atoms with E-state index < -0.39 is 17.1 Å². The van der Waals surface area contributed by atoms with Crippen molar-refractivity contribution in [3.63, 3.8) is 0 Å². The van der Waals surface area contributed by atoms with Gasteiger partial charge in [-0.15, -0.1) is 6.58 Å². The van der Waals surface area contributed by atoms with E-state index in [2.05, 4.69) is 6.58 Å². The highest BCUT2D eigenvalue weighted by atomic mass is 35.5. The van der Waals surface area contributed by atoms with Gasteiger partial charge in [0.1, 0.15) is 11.4 Å². The van der Waals surface area contributed by atoms with Crippen molar-refractivity contribution in [3.05, 3.63) is 95.3 Å². The summed E-state index contributed by atoms with van der Waals surface area (Å²) in [5.74, 6) is -0.385. The van der Waals surface area contributed by atoms with Crippen LogP contribution in [0, 0.1) is 5.82 Å². The molecule has 3 atom stereocenters. The number of hydrogen-bond acceptors (Lipinski definition) is 3. The van der Waals surface area contributed by atoms with Crippen molar-refractivity contribution >= 4 is 34.4 Å². The summed E-state index contributed by atoms with van der Waals surface area (Å²) < 4.78 is 19.6. The van der Waals surface area contributed by atoms with Crippen molar-refractivity contribution in [2.24, 2.45) is 0 Å². The third-order valence-electron chi connectivity index (χ3n) is 7.96. The Bertz CT molecular complexity index is 1400. The highest BCUT2D eigenvalue weighted by Gasteiger charge is 2.44. The van der Waals surface area contributed by atoms with Gasteiger partial charge in [0.15, 0.2) is 0 Å². The van der Waals surface area contributed by atoms with Crippen LogP contribution in [-0.2, 0) is 14.9 Å². The van der Waals surface area contributed by atoms with Gasteiger partial charge in [-0.2, -0.15) is 0 Å². The van der Waals surface area contributed by atoms with Crippen molar-refractivity contribution in [2.75, 3.05) is 13.6 Å². The van der Waals surface area contributed by atoms with Gasteiger partial charge in [0, 0.05) is 30.5 Å². The molecule has 1 fully saturated rings. The van der Waals surface area contributed by atoms with Crippen molar-refractivity contribution in [3.8, 4) is 0 Å². The van der Waals surface area contributed by atoms with Gasteiger partial charge in [-0.3, -0.25) is 4.79 Å². The van der Waals surface area contributed by atoms with Gasteiger partial charge in [-0.25, -0.2) is 9.18 Å². The van der Waals surface area contributed by atoms with E-state index in [1.165, 1.54) is 12.1 Å². The fourth-order valence-corrected chi connectivity index (χ4v) is 5.92. The summed E-state index contributed by atoms with van der Waals surface area (Å²) in [6, 6.07) is 17.6. The first kappa shape index (κ1) is 29.6. The Hall–Kier alpha value is -3.38. The molecule has 3 aromatic carbocycles. The van der Waals surface area contributed by atoms with Crippen molar-refractivity contribution in [2.45, 2.75) is 70.1 Å². The molecule has 0 spiro atoms. The van der Waals surface area contributed by atoms with Crippen molar-refractivity contribution in [1.29, 1.82) is 0 Å². The van der Waals surface area contributed by atoms with Crippen LogP contribution in [0.2, 0.25) is 5.02 Å². The Morgan fingerprint density at radius 3 is 2.52 bits per heavy atom. The number of rotatable bonds is 6. The van der Waals surface area contributed by atoms with E-state index in [-0.39, 0.29) is 30.2 Å². The topological polar surface area (TPSA) is 49.9 Å². The summed E-state index contributed by atoms with van der Waals surface area (Å²) in [5, 5.41) is 2.68. The van der Waals surface area contributed by atoms with E-state index in [1.54, 1.807) is 28.0 Å². The van der Waals surface area contributed by atoms with Crippen LogP contribution in [-0.4, -0.2) is 47.0 Å². The van der Waals surface area contributed by atoms with Gasteiger partial charge < -0.3 is 14.5 Å². The van der Waals surface area contributed by atoms with Gasteiger partial charge in [0.25, 0.3) is 0 Å². The maximum Gasteiger partial charge on any atom is 0.410 e. The van der Waals surface area contributed by atoms with Gasteiger partial charge in [-0.05, 0) is 86.7 Å². The van der Waals surface area contributed by atoms with Gasteiger partial charge in [0.05, 0.1) is 12.1 Å². The number of benzene rings is 3. The number of nitrogens with zero attached hydrogens (tertiary/aromatic N) is 2. The molecule has 0 saturated carbocycles. The fourth-order valence-electron chi connectivity index (χ4n) is 5.69. The molecule has 40 heavy (non-hydrogen) atoms. The number of carbonyl (C=O) groups is 2. The normalized spacial score (nSPS) is 20.2. The highest BCUT2D eigenvalue weighted by molar-refractivity contribution is 6.31. The minimum absolute atomic E-state index is 0.0468. The number of likely N-dealkylation sites (tertiary alicyclic amines) is 1. The molecule has 1 heterocycles. The summed E-state index contributed by atoms with van der Waals surface area (Å²) in [5.41, 5.74) is 0.589. The number of ether oxygens (including phenoxy) is 1. The first-order chi connectivity index (χ1) is 18.8. The van der Waals surface area contributed by atoms with Crippen LogP contribution in [0.5, 0.6) is 0 Å². The van der Waals surface area contributed by atoms with E-state index in [0.717, 1.165) is 21.9 Å². The standard InChI is InChI=1S/C33H38ClFN2O3/c1-7-27-20-33(24-12-14-26(35)15-13-24,16-17-37(27)31(39)40-32(3,4)5)21-30(38)36(6)22(2)29-19-25(34)18-23-10-8-9-11-28(23)29/h7-15,18-19,22,27H,1,16-17,20-21H2,2-6H3. The molecular weight excluding hydrogens is 527 g/mol. The number of hydrogen-bond donors (Lipinski definition) is 0. The lowest BCUT2D eigenvalue weighted by Crippen LogP contribution is -2.53. The van der Waals surface area contributed by atoms with Crippen LogP contribution in [0.1, 0.15) is 64.1 Å². The fraction of sp³-hybridized carbons (Fsp3) is 0.394. The third-order valence-corrected chi connectivity index (χ3v) is 8.18. The molecule has 2 amide bonds. The first-order valence-corrected chi connectivity index (χ1v) is 14.0. The second kappa shape index (κ2) is 11.6. The monoisotopic (exact) mass is 564 g/mol. The van der Waals surface area contributed by atoms with E-state index in [0.29, 0.717) is 24.4 Å². The Morgan fingerprint density at radius 2 is 1.88 bits per heavy atom. The maximum atomic E-state index is 14.0. The lowest BCUT2D eigenvalue weighted by molar-refractivity contribution is -0.133. The molecule has 4 rings (SSSR count). The molecule has 3 unspecified atom stereocenters. The van der Waals surface area contributed by atoms with Gasteiger partial charge in [0.2, 0.25) is 5.91 Å². The summed E-state index contributed by atoms with van der Waals surface area (Å²) in [7, 11) is 1.81. The third kappa shape index (κ3) is 6.33. The average Bonchev–Trinajstić information content (AvgIpc) is 2.90. The van der Waals surface area contributed by atoms with Crippen LogP contribution in [0.4, 0.5) is 9.18 Å². The Kier molecular flexibility index (Phi) is 8.60. The predicted octanol–water partition coefficient (Wildman–Crippen LogP) is 8.07. The SMILES string of the molecule is C=CC1CC(CC(=O)N(C)C(C)c2cc(Cl)cc3ccccc23)(c2ccc(F)cc2)CCN1C(=O)OC(C)(C)C. The minimum atomic E-state index is -0.631. The molecule has 0 bridgehead atoms. The molecule has 212 valence electrons. The highest BCUT2D eigenvalue weighted by Crippen LogP contribution is 2.43. The molecule has 0 aliphatic carbocycles. The smallest absolute Gasteiger partial charge is 0.410 e. The zero-order valence-electron chi connectivity index (χ0n) is 23.9. The molecule has 0 radical (unpaired) electrons. The molecule has 1 saturated heterocycles.